The van der Waals surface area contributed by atoms with E-state index in [1.807, 2.05) is 36.4 Å². The summed E-state index contributed by atoms with van der Waals surface area (Å²) in [7, 11) is 0. The second kappa shape index (κ2) is 7.15. The van der Waals surface area contributed by atoms with Crippen molar-refractivity contribution in [1.29, 1.82) is 0 Å². The average Bonchev–Trinajstić information content (AvgIpc) is 2.56. The van der Waals surface area contributed by atoms with Crippen molar-refractivity contribution >= 4 is 11.9 Å². The van der Waals surface area contributed by atoms with Gasteiger partial charge in [0.15, 0.2) is 18.5 Å². The van der Waals surface area contributed by atoms with Crippen LogP contribution in [-0.4, -0.2) is 36.9 Å². The Bertz CT molecular complexity index is 626. The van der Waals surface area contributed by atoms with Gasteiger partial charge < -0.3 is 18.9 Å². The third-order valence-corrected chi connectivity index (χ3v) is 4.01. The predicted octanol–water partition coefficient (Wildman–Crippen LogP) is 2.15. The van der Waals surface area contributed by atoms with E-state index in [1.54, 1.807) is 6.08 Å². The molecule has 1 aliphatic heterocycles. The number of hydrogen-bond acceptors (Lipinski definition) is 6. The van der Waals surface area contributed by atoms with E-state index in [-0.39, 0.29) is 5.92 Å². The molecule has 0 spiro atoms. The Balaban J connectivity index is 1.82. The van der Waals surface area contributed by atoms with Gasteiger partial charge in [0.05, 0.1) is 6.61 Å². The fraction of sp³-hybridized carbons (Fsp3) is 0.444. The molecule has 5 atom stereocenters. The molecule has 128 valence electrons. The minimum absolute atomic E-state index is 0.0684. The maximum absolute atomic E-state index is 11.5. The SMILES string of the molecule is CC(=O)O[C@@H]1[C@H]2O[C@@H](c3ccccc3)OC[C@@H]2C=C[C@H]1OC(C)=O. The molecule has 1 aromatic carbocycles. The molecule has 6 nitrogen and oxygen atoms in total. The summed E-state index contributed by atoms with van der Waals surface area (Å²) in [6.45, 7) is 3.08. The van der Waals surface area contributed by atoms with Crippen LogP contribution in [0.4, 0.5) is 0 Å². The van der Waals surface area contributed by atoms with Gasteiger partial charge in [-0.1, -0.05) is 36.4 Å². The van der Waals surface area contributed by atoms with Gasteiger partial charge in [-0.05, 0) is 6.08 Å². The number of benzene rings is 1. The summed E-state index contributed by atoms with van der Waals surface area (Å²) in [6.07, 6.45) is 1.27. The molecule has 1 aliphatic carbocycles. The van der Waals surface area contributed by atoms with Gasteiger partial charge in [-0.2, -0.15) is 0 Å². The fourth-order valence-corrected chi connectivity index (χ4v) is 3.02. The summed E-state index contributed by atoms with van der Waals surface area (Å²) in [5, 5.41) is 0. The van der Waals surface area contributed by atoms with Crippen LogP contribution in [0.2, 0.25) is 0 Å². The number of esters is 2. The van der Waals surface area contributed by atoms with Crippen molar-refractivity contribution in [1.82, 2.24) is 0 Å². The zero-order chi connectivity index (χ0) is 17.1. The normalized spacial score (nSPS) is 31.8. The van der Waals surface area contributed by atoms with Crippen molar-refractivity contribution < 1.29 is 28.5 Å². The second-order valence-electron chi connectivity index (χ2n) is 5.87. The molecule has 1 saturated heterocycles. The van der Waals surface area contributed by atoms with Gasteiger partial charge in [-0.3, -0.25) is 9.59 Å². The summed E-state index contributed by atoms with van der Waals surface area (Å²) < 4.78 is 22.5. The first kappa shape index (κ1) is 16.7. The Morgan fingerprint density at radius 3 is 2.42 bits per heavy atom. The molecular weight excluding hydrogens is 312 g/mol. The first-order valence-corrected chi connectivity index (χ1v) is 7.89. The molecular formula is C18H20O6. The summed E-state index contributed by atoms with van der Waals surface area (Å²) in [4.78, 5) is 22.8. The molecule has 0 saturated carbocycles. The summed E-state index contributed by atoms with van der Waals surface area (Å²) in [6, 6.07) is 9.54. The lowest BCUT2D eigenvalue weighted by atomic mass is 9.87. The molecule has 1 aromatic rings. The van der Waals surface area contributed by atoms with E-state index >= 15 is 0 Å². The van der Waals surface area contributed by atoms with Crippen LogP contribution in [0, 0.1) is 5.92 Å². The highest BCUT2D eigenvalue weighted by atomic mass is 16.7. The third kappa shape index (κ3) is 3.66. The fourth-order valence-electron chi connectivity index (χ4n) is 3.02. The smallest absolute Gasteiger partial charge is 0.303 e. The van der Waals surface area contributed by atoms with Gasteiger partial charge >= 0.3 is 11.9 Å². The highest BCUT2D eigenvalue weighted by molar-refractivity contribution is 5.67. The number of carbonyl (C=O) groups is 2. The Hall–Kier alpha value is -2.18. The van der Waals surface area contributed by atoms with E-state index < -0.39 is 36.5 Å². The van der Waals surface area contributed by atoms with E-state index in [2.05, 4.69) is 0 Å². The molecule has 24 heavy (non-hydrogen) atoms. The van der Waals surface area contributed by atoms with Crippen LogP contribution in [0.3, 0.4) is 0 Å². The lowest BCUT2D eigenvalue weighted by Gasteiger charge is -2.43. The molecule has 0 radical (unpaired) electrons. The Morgan fingerprint density at radius 1 is 1.04 bits per heavy atom. The van der Waals surface area contributed by atoms with Crippen molar-refractivity contribution in [3.05, 3.63) is 48.0 Å². The highest BCUT2D eigenvalue weighted by Crippen LogP contribution is 2.36. The first-order chi connectivity index (χ1) is 11.5. The lowest BCUT2D eigenvalue weighted by Crippen LogP contribution is -2.52. The largest absolute Gasteiger partial charge is 0.455 e. The van der Waals surface area contributed by atoms with Crippen molar-refractivity contribution in [3.8, 4) is 0 Å². The molecule has 0 bridgehead atoms. The van der Waals surface area contributed by atoms with Crippen LogP contribution in [-0.2, 0) is 28.5 Å². The Kier molecular flexibility index (Phi) is 4.97. The van der Waals surface area contributed by atoms with Crippen LogP contribution in [0.25, 0.3) is 0 Å². The topological polar surface area (TPSA) is 71.1 Å². The van der Waals surface area contributed by atoms with Crippen LogP contribution in [0.1, 0.15) is 25.7 Å². The minimum atomic E-state index is -0.698. The van der Waals surface area contributed by atoms with Crippen molar-refractivity contribution in [2.45, 2.75) is 38.4 Å². The predicted molar refractivity (Wildman–Crippen MR) is 83.7 cm³/mol. The number of hydrogen-bond donors (Lipinski definition) is 0. The highest BCUT2D eigenvalue weighted by Gasteiger charge is 2.45. The van der Waals surface area contributed by atoms with Gasteiger partial charge in [0.1, 0.15) is 6.10 Å². The maximum atomic E-state index is 11.5. The maximum Gasteiger partial charge on any atom is 0.303 e. The first-order valence-electron chi connectivity index (χ1n) is 7.89. The number of ether oxygens (including phenoxy) is 4. The molecule has 0 N–H and O–H groups in total. The Labute approximate surface area is 140 Å². The quantitative estimate of drug-likeness (QED) is 0.624. The van der Waals surface area contributed by atoms with Gasteiger partial charge in [0, 0.05) is 25.3 Å². The van der Waals surface area contributed by atoms with Gasteiger partial charge in [0.2, 0.25) is 0 Å². The van der Waals surface area contributed by atoms with Crippen molar-refractivity contribution in [2.24, 2.45) is 5.92 Å². The van der Waals surface area contributed by atoms with E-state index in [0.717, 1.165) is 5.56 Å². The van der Waals surface area contributed by atoms with Crippen LogP contribution >= 0.6 is 0 Å². The van der Waals surface area contributed by atoms with E-state index in [1.165, 1.54) is 13.8 Å². The number of carbonyl (C=O) groups excluding carboxylic acids is 2. The second-order valence-corrected chi connectivity index (χ2v) is 5.87. The third-order valence-electron chi connectivity index (χ3n) is 4.01. The zero-order valence-electron chi connectivity index (χ0n) is 13.6. The average molecular weight is 332 g/mol. The standard InChI is InChI=1S/C18H20O6/c1-11(19)22-15-9-8-14-10-21-18(13-6-4-3-5-7-13)24-16(14)17(15)23-12(2)20/h3-9,14-18H,10H2,1-2H3/t14-,15+,16-,17-,18-/m0/s1. The molecule has 2 aliphatic rings. The molecule has 3 rings (SSSR count). The van der Waals surface area contributed by atoms with Crippen LogP contribution in [0.5, 0.6) is 0 Å². The molecule has 0 unspecified atom stereocenters. The molecule has 1 fully saturated rings. The van der Waals surface area contributed by atoms with Crippen molar-refractivity contribution in [3.63, 3.8) is 0 Å². The lowest BCUT2D eigenvalue weighted by molar-refractivity contribution is -0.267. The van der Waals surface area contributed by atoms with E-state index in [9.17, 15) is 9.59 Å². The van der Waals surface area contributed by atoms with Gasteiger partial charge in [-0.25, -0.2) is 0 Å². The van der Waals surface area contributed by atoms with E-state index in [4.69, 9.17) is 18.9 Å². The van der Waals surface area contributed by atoms with Crippen LogP contribution in [0.15, 0.2) is 42.5 Å². The number of rotatable bonds is 3. The molecule has 0 aromatic heterocycles. The van der Waals surface area contributed by atoms with Gasteiger partial charge in [0.25, 0.3) is 0 Å². The molecule has 1 heterocycles. The minimum Gasteiger partial charge on any atom is -0.455 e. The van der Waals surface area contributed by atoms with E-state index in [0.29, 0.717) is 6.61 Å². The monoisotopic (exact) mass is 332 g/mol. The van der Waals surface area contributed by atoms with Crippen molar-refractivity contribution in [2.75, 3.05) is 6.61 Å². The summed E-state index contributed by atoms with van der Waals surface area (Å²) in [5.41, 5.74) is 0.885. The zero-order valence-corrected chi connectivity index (χ0v) is 13.6. The number of fused-ring (bicyclic) bond motifs is 1. The summed E-state index contributed by atoms with van der Waals surface area (Å²) in [5.74, 6) is -0.953. The summed E-state index contributed by atoms with van der Waals surface area (Å²) >= 11 is 0. The van der Waals surface area contributed by atoms with Gasteiger partial charge in [-0.15, -0.1) is 0 Å². The van der Waals surface area contributed by atoms with Crippen LogP contribution < -0.4 is 0 Å². The Morgan fingerprint density at radius 2 is 1.75 bits per heavy atom. The molecule has 6 heteroatoms. The molecule has 0 amide bonds.